The predicted molar refractivity (Wildman–Crippen MR) is 72.1 cm³/mol. The molecule has 1 aliphatic carbocycles. The summed E-state index contributed by atoms with van der Waals surface area (Å²) in [5, 5.41) is 3.64. The van der Waals surface area contributed by atoms with Crippen molar-refractivity contribution in [3.05, 3.63) is 34.1 Å². The molecular formula is C13H11BrF3N3O. The van der Waals surface area contributed by atoms with Crippen molar-refractivity contribution in [2.24, 2.45) is 11.7 Å². The third-order valence-corrected chi connectivity index (χ3v) is 3.88. The SMILES string of the molecule is NC(c1nc(-c2ccc(Br)cc2C(F)(F)F)no1)C1CC1. The maximum atomic E-state index is 13.1. The first-order chi connectivity index (χ1) is 9.86. The molecule has 1 fully saturated rings. The van der Waals surface area contributed by atoms with Gasteiger partial charge in [-0.05, 0) is 37.0 Å². The highest BCUT2D eigenvalue weighted by atomic mass is 79.9. The van der Waals surface area contributed by atoms with Crippen LogP contribution in [-0.2, 0) is 6.18 Å². The molecule has 1 aliphatic rings. The summed E-state index contributed by atoms with van der Waals surface area (Å²) in [5.41, 5.74) is 4.98. The Kier molecular flexibility index (Phi) is 3.53. The quantitative estimate of drug-likeness (QED) is 0.899. The highest BCUT2D eigenvalue weighted by Gasteiger charge is 2.36. The fraction of sp³-hybridized carbons (Fsp3) is 0.385. The van der Waals surface area contributed by atoms with E-state index in [0.29, 0.717) is 4.47 Å². The molecule has 21 heavy (non-hydrogen) atoms. The van der Waals surface area contributed by atoms with Crippen LogP contribution in [0.5, 0.6) is 0 Å². The Labute approximate surface area is 126 Å². The summed E-state index contributed by atoms with van der Waals surface area (Å²) in [6.45, 7) is 0. The normalized spacial score (nSPS) is 17.0. The molecule has 3 rings (SSSR count). The Morgan fingerprint density at radius 1 is 1.33 bits per heavy atom. The van der Waals surface area contributed by atoms with Crippen LogP contribution in [0.25, 0.3) is 11.4 Å². The van der Waals surface area contributed by atoms with E-state index in [-0.39, 0.29) is 23.2 Å². The highest BCUT2D eigenvalue weighted by molar-refractivity contribution is 9.10. The monoisotopic (exact) mass is 361 g/mol. The fourth-order valence-corrected chi connectivity index (χ4v) is 2.44. The molecule has 1 heterocycles. The average Bonchev–Trinajstić information content (AvgIpc) is 3.15. The van der Waals surface area contributed by atoms with E-state index < -0.39 is 17.8 Å². The van der Waals surface area contributed by atoms with Crippen molar-refractivity contribution in [1.29, 1.82) is 0 Å². The molecule has 1 unspecified atom stereocenters. The minimum absolute atomic E-state index is 0.0964. The summed E-state index contributed by atoms with van der Waals surface area (Å²) in [6.07, 6.45) is -2.55. The molecule has 2 N–H and O–H groups in total. The Bertz CT molecular complexity index is 667. The maximum absolute atomic E-state index is 13.1. The average molecular weight is 362 g/mol. The van der Waals surface area contributed by atoms with Gasteiger partial charge in [0.25, 0.3) is 0 Å². The molecule has 0 aliphatic heterocycles. The second kappa shape index (κ2) is 5.10. The van der Waals surface area contributed by atoms with Gasteiger partial charge >= 0.3 is 6.18 Å². The zero-order valence-corrected chi connectivity index (χ0v) is 12.3. The fourth-order valence-electron chi connectivity index (χ4n) is 2.08. The summed E-state index contributed by atoms with van der Waals surface area (Å²) in [4.78, 5) is 4.03. The van der Waals surface area contributed by atoms with Crippen molar-refractivity contribution in [3.8, 4) is 11.4 Å². The van der Waals surface area contributed by atoms with E-state index in [4.69, 9.17) is 10.3 Å². The van der Waals surface area contributed by atoms with Crippen LogP contribution in [0.1, 0.15) is 30.3 Å². The van der Waals surface area contributed by atoms with Crippen LogP contribution < -0.4 is 5.73 Å². The number of benzene rings is 1. The van der Waals surface area contributed by atoms with Crippen LogP contribution in [0, 0.1) is 5.92 Å². The molecule has 4 nitrogen and oxygen atoms in total. The minimum Gasteiger partial charge on any atom is -0.337 e. The summed E-state index contributed by atoms with van der Waals surface area (Å²) in [6, 6.07) is 3.40. The Morgan fingerprint density at radius 2 is 2.05 bits per heavy atom. The van der Waals surface area contributed by atoms with Crippen LogP contribution in [0.4, 0.5) is 13.2 Å². The lowest BCUT2D eigenvalue weighted by molar-refractivity contribution is -0.137. The van der Waals surface area contributed by atoms with Crippen molar-refractivity contribution in [1.82, 2.24) is 10.1 Å². The van der Waals surface area contributed by atoms with Crippen molar-refractivity contribution in [2.45, 2.75) is 25.1 Å². The summed E-state index contributed by atoms with van der Waals surface area (Å²) < 4.78 is 44.6. The van der Waals surface area contributed by atoms with Gasteiger partial charge in [-0.15, -0.1) is 0 Å². The first-order valence-electron chi connectivity index (χ1n) is 6.32. The number of aromatic nitrogens is 2. The van der Waals surface area contributed by atoms with E-state index >= 15 is 0 Å². The van der Waals surface area contributed by atoms with Crippen LogP contribution in [0.2, 0.25) is 0 Å². The molecule has 1 atom stereocenters. The lowest BCUT2D eigenvalue weighted by Crippen LogP contribution is -2.12. The van der Waals surface area contributed by atoms with Gasteiger partial charge in [0, 0.05) is 10.0 Å². The van der Waals surface area contributed by atoms with E-state index in [1.165, 1.54) is 12.1 Å². The molecule has 1 aromatic heterocycles. The standard InChI is InChI=1S/C13H11BrF3N3O/c14-7-3-4-8(9(5-7)13(15,16)17)11-19-12(21-20-11)10(18)6-1-2-6/h3-6,10H,1-2,18H2. The number of rotatable bonds is 3. The van der Waals surface area contributed by atoms with Crippen molar-refractivity contribution >= 4 is 15.9 Å². The molecule has 0 amide bonds. The van der Waals surface area contributed by atoms with Gasteiger partial charge in [-0.3, -0.25) is 0 Å². The van der Waals surface area contributed by atoms with Crippen molar-refractivity contribution < 1.29 is 17.7 Å². The van der Waals surface area contributed by atoms with E-state index in [9.17, 15) is 13.2 Å². The van der Waals surface area contributed by atoms with Gasteiger partial charge in [0.1, 0.15) is 0 Å². The summed E-state index contributed by atoms with van der Waals surface area (Å²) >= 11 is 3.03. The second-order valence-electron chi connectivity index (χ2n) is 5.01. The lowest BCUT2D eigenvalue weighted by atomic mass is 10.1. The predicted octanol–water partition coefficient (Wildman–Crippen LogP) is 3.93. The number of hydrogen-bond acceptors (Lipinski definition) is 4. The van der Waals surface area contributed by atoms with E-state index in [2.05, 4.69) is 26.1 Å². The maximum Gasteiger partial charge on any atom is 0.417 e. The summed E-state index contributed by atoms with van der Waals surface area (Å²) in [7, 11) is 0. The van der Waals surface area contributed by atoms with Gasteiger partial charge < -0.3 is 10.3 Å². The number of nitrogens with two attached hydrogens (primary N) is 1. The largest absolute Gasteiger partial charge is 0.417 e. The van der Waals surface area contributed by atoms with Gasteiger partial charge in [0.2, 0.25) is 11.7 Å². The molecule has 112 valence electrons. The van der Waals surface area contributed by atoms with E-state index in [1.54, 1.807) is 0 Å². The smallest absolute Gasteiger partial charge is 0.337 e. The van der Waals surface area contributed by atoms with Gasteiger partial charge in [0.15, 0.2) is 0 Å². The zero-order chi connectivity index (χ0) is 15.2. The molecule has 0 saturated heterocycles. The van der Waals surface area contributed by atoms with Crippen LogP contribution in [0.15, 0.2) is 27.2 Å². The molecular weight excluding hydrogens is 351 g/mol. The van der Waals surface area contributed by atoms with E-state index in [0.717, 1.165) is 18.9 Å². The van der Waals surface area contributed by atoms with Gasteiger partial charge in [0.05, 0.1) is 11.6 Å². The van der Waals surface area contributed by atoms with Gasteiger partial charge in [-0.2, -0.15) is 18.2 Å². The number of nitrogens with zero attached hydrogens (tertiary/aromatic N) is 2. The van der Waals surface area contributed by atoms with Crippen LogP contribution >= 0.6 is 15.9 Å². The third kappa shape index (κ3) is 2.96. The molecule has 8 heteroatoms. The van der Waals surface area contributed by atoms with Crippen LogP contribution in [0.3, 0.4) is 0 Å². The van der Waals surface area contributed by atoms with Crippen LogP contribution in [-0.4, -0.2) is 10.1 Å². The first-order valence-corrected chi connectivity index (χ1v) is 7.12. The molecule has 1 aromatic carbocycles. The van der Waals surface area contributed by atoms with Crippen molar-refractivity contribution in [2.75, 3.05) is 0 Å². The highest BCUT2D eigenvalue weighted by Crippen LogP contribution is 2.40. The third-order valence-electron chi connectivity index (χ3n) is 3.38. The molecule has 1 saturated carbocycles. The second-order valence-corrected chi connectivity index (χ2v) is 5.92. The zero-order valence-electron chi connectivity index (χ0n) is 10.7. The number of hydrogen-bond donors (Lipinski definition) is 1. The number of alkyl halides is 3. The Morgan fingerprint density at radius 3 is 2.67 bits per heavy atom. The lowest BCUT2D eigenvalue weighted by Gasteiger charge is -2.10. The molecule has 2 aromatic rings. The van der Waals surface area contributed by atoms with Gasteiger partial charge in [-0.25, -0.2) is 0 Å². The first kappa shape index (κ1) is 14.5. The van der Waals surface area contributed by atoms with Gasteiger partial charge in [-0.1, -0.05) is 21.1 Å². The van der Waals surface area contributed by atoms with E-state index in [1.807, 2.05) is 0 Å². The minimum atomic E-state index is -4.50. The number of halogens is 4. The van der Waals surface area contributed by atoms with Crippen molar-refractivity contribution in [3.63, 3.8) is 0 Å². The topological polar surface area (TPSA) is 64.9 Å². The Hall–Kier alpha value is -1.41. The molecule has 0 radical (unpaired) electrons. The molecule has 0 spiro atoms. The Balaban J connectivity index is 2.00. The molecule has 0 bridgehead atoms. The summed E-state index contributed by atoms with van der Waals surface area (Å²) in [5.74, 6) is 0.370.